The van der Waals surface area contributed by atoms with E-state index in [1.165, 1.54) is 12.8 Å². The second-order valence-corrected chi connectivity index (χ2v) is 5.22. The molecule has 1 fully saturated rings. The van der Waals surface area contributed by atoms with Crippen molar-refractivity contribution in [1.29, 1.82) is 0 Å². The summed E-state index contributed by atoms with van der Waals surface area (Å²) in [6.07, 6.45) is -0.899. The lowest BCUT2D eigenvalue weighted by Crippen LogP contribution is -2.16. The molecule has 0 bridgehead atoms. The molecular weight excluding hydrogens is 251 g/mol. The van der Waals surface area contributed by atoms with Gasteiger partial charge in [-0.05, 0) is 18.3 Å². The minimum Gasteiger partial charge on any atom is -0.360 e. The molecule has 2 rings (SSSR count). The maximum absolute atomic E-state index is 12.3. The van der Waals surface area contributed by atoms with Gasteiger partial charge in [0.15, 0.2) is 0 Å². The van der Waals surface area contributed by atoms with Gasteiger partial charge < -0.3 is 5.32 Å². The fraction of sp³-hybridized carbons (Fsp3) is 0.800. The zero-order valence-corrected chi connectivity index (χ0v) is 10.2. The lowest BCUT2D eigenvalue weighted by atomic mass is 9.98. The Balaban J connectivity index is 1.89. The van der Waals surface area contributed by atoms with Gasteiger partial charge in [-0.3, -0.25) is 0 Å². The molecule has 0 aliphatic heterocycles. The number of anilines is 1. The van der Waals surface area contributed by atoms with Crippen LogP contribution in [0.4, 0.5) is 18.3 Å². The van der Waals surface area contributed by atoms with Gasteiger partial charge in [0, 0.05) is 18.1 Å². The minimum atomic E-state index is -4.45. The Bertz CT molecular complexity index is 377. The highest BCUT2D eigenvalue weighted by atomic mass is 32.1. The Hall–Kier alpha value is -0.850. The van der Waals surface area contributed by atoms with E-state index in [1.807, 2.05) is 0 Å². The predicted octanol–water partition coefficient (Wildman–Crippen LogP) is 3.41. The van der Waals surface area contributed by atoms with Crippen molar-refractivity contribution in [3.63, 3.8) is 0 Å². The zero-order chi connectivity index (χ0) is 12.5. The maximum atomic E-state index is 12.3. The molecule has 0 aromatic carbocycles. The van der Waals surface area contributed by atoms with E-state index in [-0.39, 0.29) is 5.13 Å². The van der Waals surface area contributed by atoms with Gasteiger partial charge >= 0.3 is 6.18 Å². The van der Waals surface area contributed by atoms with Crippen molar-refractivity contribution in [2.75, 3.05) is 11.9 Å². The van der Waals surface area contributed by atoms with Crippen LogP contribution in [0.3, 0.4) is 0 Å². The van der Waals surface area contributed by atoms with Crippen molar-refractivity contribution in [1.82, 2.24) is 9.36 Å². The Kier molecular flexibility index (Phi) is 3.56. The number of nitrogens with zero attached hydrogens (tertiary/aromatic N) is 2. The number of aromatic nitrogens is 2. The third-order valence-electron chi connectivity index (χ3n) is 3.23. The molecule has 0 amide bonds. The third-order valence-corrected chi connectivity index (χ3v) is 3.91. The molecule has 0 spiro atoms. The van der Waals surface area contributed by atoms with E-state index in [9.17, 15) is 13.2 Å². The first-order valence-corrected chi connectivity index (χ1v) is 6.39. The van der Waals surface area contributed by atoms with Gasteiger partial charge in [0.1, 0.15) is 0 Å². The third kappa shape index (κ3) is 3.08. The molecule has 1 aliphatic rings. The summed E-state index contributed by atoms with van der Waals surface area (Å²) in [6, 6.07) is 0. The van der Waals surface area contributed by atoms with Crippen molar-refractivity contribution >= 4 is 16.7 Å². The number of alkyl halides is 3. The number of rotatable bonds is 3. The van der Waals surface area contributed by atoms with Gasteiger partial charge in [-0.25, -0.2) is 0 Å². The summed E-state index contributed by atoms with van der Waals surface area (Å²) in [5, 5.41) is 3.21. The normalized spacial score (nSPS) is 25.2. The van der Waals surface area contributed by atoms with Crippen molar-refractivity contribution < 1.29 is 13.2 Å². The van der Waals surface area contributed by atoms with Gasteiger partial charge in [-0.1, -0.05) is 19.8 Å². The first kappa shape index (κ1) is 12.6. The first-order valence-electron chi connectivity index (χ1n) is 5.61. The second-order valence-electron chi connectivity index (χ2n) is 4.47. The molecule has 3 nitrogen and oxygen atoms in total. The Morgan fingerprint density at radius 2 is 2.18 bits per heavy atom. The Morgan fingerprint density at radius 3 is 2.71 bits per heavy atom. The molecule has 1 aromatic rings. The summed E-state index contributed by atoms with van der Waals surface area (Å²) in [6.45, 7) is 2.87. The molecule has 1 aliphatic carbocycles. The van der Waals surface area contributed by atoms with Crippen molar-refractivity contribution in [2.24, 2.45) is 11.8 Å². The van der Waals surface area contributed by atoms with E-state index in [0.717, 1.165) is 18.0 Å². The van der Waals surface area contributed by atoms with Gasteiger partial charge in [0.2, 0.25) is 11.0 Å². The summed E-state index contributed by atoms with van der Waals surface area (Å²) in [4.78, 5) is 3.44. The monoisotopic (exact) mass is 265 g/mol. The molecule has 17 heavy (non-hydrogen) atoms. The van der Waals surface area contributed by atoms with Crippen LogP contribution < -0.4 is 5.32 Å². The molecule has 1 heterocycles. The highest BCUT2D eigenvalue weighted by Gasteiger charge is 2.36. The minimum absolute atomic E-state index is 0.261. The van der Waals surface area contributed by atoms with Crippen LogP contribution in [0.1, 0.15) is 32.0 Å². The van der Waals surface area contributed by atoms with Gasteiger partial charge in [0.05, 0.1) is 0 Å². The second kappa shape index (κ2) is 4.80. The molecule has 2 atom stereocenters. The van der Waals surface area contributed by atoms with E-state index < -0.39 is 12.0 Å². The zero-order valence-electron chi connectivity index (χ0n) is 9.42. The molecule has 7 heteroatoms. The average Bonchev–Trinajstić information content (AvgIpc) is 2.82. The Labute approximate surface area is 102 Å². The molecule has 1 saturated carbocycles. The molecule has 1 aromatic heterocycles. The van der Waals surface area contributed by atoms with Crippen molar-refractivity contribution in [2.45, 2.75) is 32.4 Å². The van der Waals surface area contributed by atoms with Gasteiger partial charge in [0.25, 0.3) is 0 Å². The largest absolute Gasteiger partial charge is 0.452 e. The summed E-state index contributed by atoms with van der Waals surface area (Å²) in [7, 11) is 0. The van der Waals surface area contributed by atoms with Crippen LogP contribution in [0.15, 0.2) is 0 Å². The van der Waals surface area contributed by atoms with Crippen molar-refractivity contribution in [3.05, 3.63) is 5.82 Å². The summed E-state index contributed by atoms with van der Waals surface area (Å²) < 4.78 is 40.1. The van der Waals surface area contributed by atoms with Crippen LogP contribution in [-0.2, 0) is 6.18 Å². The number of hydrogen-bond acceptors (Lipinski definition) is 4. The number of halogens is 3. The smallest absolute Gasteiger partial charge is 0.360 e. The van der Waals surface area contributed by atoms with E-state index >= 15 is 0 Å². The summed E-state index contributed by atoms with van der Waals surface area (Å²) >= 11 is 0.769. The van der Waals surface area contributed by atoms with Crippen LogP contribution >= 0.6 is 11.5 Å². The predicted molar refractivity (Wildman–Crippen MR) is 59.9 cm³/mol. The molecule has 2 unspecified atom stereocenters. The fourth-order valence-electron chi connectivity index (χ4n) is 2.15. The first-order chi connectivity index (χ1) is 7.97. The standard InChI is InChI=1S/C10H14F3N3S/c1-6-3-2-4-7(6)5-14-9-15-8(16-17-9)10(11,12)13/h6-7H,2-5H2,1H3,(H,14,15,16). The topological polar surface area (TPSA) is 37.8 Å². The van der Waals surface area contributed by atoms with Gasteiger partial charge in [-0.15, -0.1) is 0 Å². The summed E-state index contributed by atoms with van der Waals surface area (Å²) in [5.74, 6) is 0.121. The van der Waals surface area contributed by atoms with Crippen molar-refractivity contribution in [3.8, 4) is 0 Å². The van der Waals surface area contributed by atoms with Crippen LogP contribution in [0.25, 0.3) is 0 Å². The highest BCUT2D eigenvalue weighted by molar-refractivity contribution is 7.09. The quantitative estimate of drug-likeness (QED) is 0.910. The Morgan fingerprint density at radius 1 is 1.41 bits per heavy atom. The molecule has 0 radical (unpaired) electrons. The lowest BCUT2D eigenvalue weighted by molar-refractivity contribution is -0.144. The summed E-state index contributed by atoms with van der Waals surface area (Å²) in [5.41, 5.74) is 0. The highest BCUT2D eigenvalue weighted by Crippen LogP contribution is 2.32. The average molecular weight is 265 g/mol. The van der Waals surface area contributed by atoms with E-state index in [0.29, 0.717) is 18.4 Å². The van der Waals surface area contributed by atoms with Crippen LogP contribution in [0.2, 0.25) is 0 Å². The van der Waals surface area contributed by atoms with E-state index in [4.69, 9.17) is 0 Å². The van der Waals surface area contributed by atoms with E-state index in [1.54, 1.807) is 0 Å². The van der Waals surface area contributed by atoms with Crippen LogP contribution in [0.5, 0.6) is 0 Å². The molecular formula is C10H14F3N3S. The molecule has 1 N–H and O–H groups in total. The van der Waals surface area contributed by atoms with Crippen LogP contribution in [-0.4, -0.2) is 15.9 Å². The lowest BCUT2D eigenvalue weighted by Gasteiger charge is -2.14. The number of hydrogen-bond donors (Lipinski definition) is 1. The van der Waals surface area contributed by atoms with E-state index in [2.05, 4.69) is 21.6 Å². The molecule has 96 valence electrons. The van der Waals surface area contributed by atoms with Crippen LogP contribution in [0, 0.1) is 11.8 Å². The number of nitrogens with one attached hydrogen (secondary N) is 1. The molecule has 0 saturated heterocycles. The fourth-order valence-corrected chi connectivity index (χ4v) is 2.75. The SMILES string of the molecule is CC1CCCC1CNc1nc(C(F)(F)F)ns1. The maximum Gasteiger partial charge on any atom is 0.452 e. The van der Waals surface area contributed by atoms with Gasteiger partial charge in [-0.2, -0.15) is 22.5 Å².